The van der Waals surface area contributed by atoms with Gasteiger partial charge < -0.3 is 14.0 Å². The average Bonchev–Trinajstić information content (AvgIpc) is 3.12. The molecule has 0 radical (unpaired) electrons. The molecule has 1 aromatic heterocycles. The predicted molar refractivity (Wildman–Crippen MR) is 113 cm³/mol. The molecule has 10 heteroatoms. The molecule has 0 spiro atoms. The van der Waals surface area contributed by atoms with Crippen LogP contribution in [-0.4, -0.2) is 42.9 Å². The van der Waals surface area contributed by atoms with Gasteiger partial charge in [-0.15, -0.1) is 10.2 Å². The first-order valence-corrected chi connectivity index (χ1v) is 11.9. The first-order valence-electron chi connectivity index (χ1n) is 9.47. The highest BCUT2D eigenvalue weighted by Crippen LogP contribution is 2.32. The number of aromatic nitrogens is 3. The molecule has 0 unspecified atom stereocenters. The minimum absolute atomic E-state index is 0.142. The Hall–Kier alpha value is -2.56. The maximum absolute atomic E-state index is 12.6. The van der Waals surface area contributed by atoms with Gasteiger partial charge >= 0.3 is 0 Å². The van der Waals surface area contributed by atoms with Crippen LogP contribution in [0.5, 0.6) is 11.5 Å². The Morgan fingerprint density at radius 1 is 1.07 bits per heavy atom. The van der Waals surface area contributed by atoms with Crippen LogP contribution in [0.2, 0.25) is 0 Å². The minimum atomic E-state index is -3.66. The van der Waals surface area contributed by atoms with E-state index in [1.54, 1.807) is 17.8 Å². The van der Waals surface area contributed by atoms with Gasteiger partial charge in [0, 0.05) is 31.8 Å². The molecule has 30 heavy (non-hydrogen) atoms. The zero-order valence-corrected chi connectivity index (χ0v) is 18.1. The summed E-state index contributed by atoms with van der Waals surface area (Å²) in [6.45, 7) is 1.08. The fourth-order valence-corrected chi connectivity index (χ4v) is 4.91. The van der Waals surface area contributed by atoms with Crippen LogP contribution in [0.15, 0.2) is 58.6 Å². The van der Waals surface area contributed by atoms with Gasteiger partial charge in [-0.25, -0.2) is 13.1 Å². The molecule has 0 saturated carbocycles. The van der Waals surface area contributed by atoms with E-state index in [1.807, 2.05) is 29.8 Å². The van der Waals surface area contributed by atoms with Gasteiger partial charge in [0.25, 0.3) is 0 Å². The second-order valence-electron chi connectivity index (χ2n) is 6.69. The van der Waals surface area contributed by atoms with Crippen LogP contribution in [0.4, 0.5) is 0 Å². The van der Waals surface area contributed by atoms with Gasteiger partial charge in [-0.2, -0.15) is 0 Å². The Morgan fingerprint density at radius 2 is 1.83 bits per heavy atom. The SMILES string of the molecule is Cn1c(CCNS(=O)(=O)c2ccc3c(c2)OCCO3)nnc1SCc1ccccc1. The Balaban J connectivity index is 1.34. The molecule has 3 aromatic rings. The van der Waals surface area contributed by atoms with Crippen molar-refractivity contribution in [2.24, 2.45) is 7.05 Å². The monoisotopic (exact) mass is 446 g/mol. The smallest absolute Gasteiger partial charge is 0.240 e. The van der Waals surface area contributed by atoms with Crippen LogP contribution in [0, 0.1) is 0 Å². The molecule has 0 bridgehead atoms. The number of hydrogen-bond acceptors (Lipinski definition) is 7. The van der Waals surface area contributed by atoms with Crippen LogP contribution in [0.3, 0.4) is 0 Å². The van der Waals surface area contributed by atoms with E-state index in [0.717, 1.165) is 16.7 Å². The van der Waals surface area contributed by atoms with Crippen molar-refractivity contribution < 1.29 is 17.9 Å². The average molecular weight is 447 g/mol. The third-order valence-electron chi connectivity index (χ3n) is 4.60. The van der Waals surface area contributed by atoms with Crippen molar-refractivity contribution in [2.75, 3.05) is 19.8 Å². The van der Waals surface area contributed by atoms with E-state index in [0.29, 0.717) is 31.1 Å². The standard InChI is InChI=1S/C20H22N4O4S2/c1-24-19(22-23-20(24)29-14-15-5-3-2-4-6-15)9-10-21-30(25,26)16-7-8-17-18(13-16)28-12-11-27-17/h2-8,13,21H,9-12,14H2,1H3. The van der Waals surface area contributed by atoms with E-state index >= 15 is 0 Å². The van der Waals surface area contributed by atoms with Crippen LogP contribution in [-0.2, 0) is 29.2 Å². The second kappa shape index (κ2) is 9.07. The van der Waals surface area contributed by atoms with Crippen LogP contribution in [0.1, 0.15) is 11.4 Å². The van der Waals surface area contributed by atoms with Crippen LogP contribution < -0.4 is 14.2 Å². The van der Waals surface area contributed by atoms with Crippen LogP contribution in [0.25, 0.3) is 0 Å². The number of nitrogens with zero attached hydrogens (tertiary/aromatic N) is 3. The van der Waals surface area contributed by atoms with Gasteiger partial charge in [0.2, 0.25) is 10.0 Å². The molecule has 4 rings (SSSR count). The first-order chi connectivity index (χ1) is 14.5. The molecule has 0 atom stereocenters. The fourth-order valence-electron chi connectivity index (χ4n) is 2.98. The molecule has 1 aliphatic heterocycles. The van der Waals surface area contributed by atoms with Crippen molar-refractivity contribution in [3.8, 4) is 11.5 Å². The third kappa shape index (κ3) is 4.77. The third-order valence-corrected chi connectivity index (χ3v) is 7.15. The van der Waals surface area contributed by atoms with Crippen molar-refractivity contribution in [3.63, 3.8) is 0 Å². The van der Waals surface area contributed by atoms with E-state index in [4.69, 9.17) is 9.47 Å². The molecule has 0 fully saturated rings. The number of sulfonamides is 1. The van der Waals surface area contributed by atoms with Crippen molar-refractivity contribution in [3.05, 3.63) is 59.9 Å². The number of rotatable bonds is 8. The van der Waals surface area contributed by atoms with E-state index in [-0.39, 0.29) is 11.4 Å². The molecule has 0 aliphatic carbocycles. The summed E-state index contributed by atoms with van der Waals surface area (Å²) >= 11 is 1.59. The quantitative estimate of drug-likeness (QED) is 0.531. The van der Waals surface area contributed by atoms with Crippen molar-refractivity contribution >= 4 is 21.8 Å². The maximum atomic E-state index is 12.6. The van der Waals surface area contributed by atoms with Gasteiger partial charge in [0.1, 0.15) is 19.0 Å². The van der Waals surface area contributed by atoms with E-state index in [9.17, 15) is 8.42 Å². The summed E-state index contributed by atoms with van der Waals surface area (Å²) in [5.41, 5.74) is 1.21. The minimum Gasteiger partial charge on any atom is -0.486 e. The Labute approximate surface area is 179 Å². The lowest BCUT2D eigenvalue weighted by atomic mass is 10.2. The predicted octanol–water partition coefficient (Wildman–Crippen LogP) is 2.40. The fraction of sp³-hybridized carbons (Fsp3) is 0.300. The Morgan fingerprint density at radius 3 is 2.63 bits per heavy atom. The normalized spacial score (nSPS) is 13.4. The molecular formula is C20H22N4O4S2. The Bertz CT molecular complexity index is 1120. The van der Waals surface area contributed by atoms with Gasteiger partial charge in [0.05, 0.1) is 4.90 Å². The highest BCUT2D eigenvalue weighted by Gasteiger charge is 2.19. The summed E-state index contributed by atoms with van der Waals surface area (Å²) in [4.78, 5) is 0.142. The van der Waals surface area contributed by atoms with Crippen LogP contribution >= 0.6 is 11.8 Å². The molecule has 8 nitrogen and oxygen atoms in total. The van der Waals surface area contributed by atoms with Crippen molar-refractivity contribution in [2.45, 2.75) is 22.2 Å². The zero-order valence-electron chi connectivity index (χ0n) is 16.4. The van der Waals surface area contributed by atoms with Gasteiger partial charge in [-0.3, -0.25) is 0 Å². The molecular weight excluding hydrogens is 424 g/mol. The second-order valence-corrected chi connectivity index (χ2v) is 9.39. The number of ether oxygens (including phenoxy) is 2. The number of fused-ring (bicyclic) bond motifs is 1. The molecule has 1 N–H and O–H groups in total. The summed E-state index contributed by atoms with van der Waals surface area (Å²) in [6.07, 6.45) is 0.430. The van der Waals surface area contributed by atoms with E-state index in [2.05, 4.69) is 27.1 Å². The summed E-state index contributed by atoms with van der Waals surface area (Å²) in [6, 6.07) is 14.7. The molecule has 2 aromatic carbocycles. The first kappa shape index (κ1) is 20.7. The zero-order chi connectivity index (χ0) is 21.0. The lowest BCUT2D eigenvalue weighted by molar-refractivity contribution is 0.171. The molecule has 158 valence electrons. The van der Waals surface area contributed by atoms with Gasteiger partial charge in [0.15, 0.2) is 16.7 Å². The van der Waals surface area contributed by atoms with Gasteiger partial charge in [-0.1, -0.05) is 42.1 Å². The summed E-state index contributed by atoms with van der Waals surface area (Å²) in [5.74, 6) is 2.51. The number of thioether (sulfide) groups is 1. The molecule has 0 saturated heterocycles. The number of nitrogens with one attached hydrogen (secondary N) is 1. The van der Waals surface area contributed by atoms with E-state index in [1.165, 1.54) is 17.7 Å². The largest absolute Gasteiger partial charge is 0.486 e. The lowest BCUT2D eigenvalue weighted by Crippen LogP contribution is -2.27. The summed E-state index contributed by atoms with van der Waals surface area (Å²) in [5, 5.41) is 9.21. The highest BCUT2D eigenvalue weighted by molar-refractivity contribution is 7.98. The summed E-state index contributed by atoms with van der Waals surface area (Å²) < 4.78 is 40.6. The van der Waals surface area contributed by atoms with Gasteiger partial charge in [-0.05, 0) is 17.7 Å². The van der Waals surface area contributed by atoms with Crippen molar-refractivity contribution in [1.82, 2.24) is 19.5 Å². The lowest BCUT2D eigenvalue weighted by Gasteiger charge is -2.18. The number of benzene rings is 2. The van der Waals surface area contributed by atoms with Crippen molar-refractivity contribution in [1.29, 1.82) is 0 Å². The summed E-state index contributed by atoms with van der Waals surface area (Å²) in [7, 11) is -1.78. The molecule has 2 heterocycles. The highest BCUT2D eigenvalue weighted by atomic mass is 32.2. The number of hydrogen-bond donors (Lipinski definition) is 1. The van der Waals surface area contributed by atoms with E-state index < -0.39 is 10.0 Å². The topological polar surface area (TPSA) is 95.3 Å². The molecule has 1 aliphatic rings. The molecule has 0 amide bonds. The maximum Gasteiger partial charge on any atom is 0.240 e. The Kier molecular flexibility index (Phi) is 6.26.